The Morgan fingerprint density at radius 1 is 0.821 bits per heavy atom. The molecule has 0 radical (unpaired) electrons. The molecule has 3 rings (SSSR count). The van der Waals surface area contributed by atoms with E-state index in [2.05, 4.69) is 13.8 Å². The Morgan fingerprint density at radius 2 is 1.57 bits per heavy atom. The van der Waals surface area contributed by atoms with Crippen LogP contribution in [0.3, 0.4) is 0 Å². The predicted molar refractivity (Wildman–Crippen MR) is 116 cm³/mol. The van der Waals surface area contributed by atoms with Gasteiger partial charge in [-0.15, -0.1) is 0 Å². The molecule has 0 N–H and O–H groups in total. The van der Waals surface area contributed by atoms with E-state index in [4.69, 9.17) is 14.5 Å². The first kappa shape index (κ1) is 19.4. The number of aryl methyl sites for hydroxylation is 2. The zero-order chi connectivity index (χ0) is 19.8. The Labute approximate surface area is 167 Å². The van der Waals surface area contributed by atoms with Crippen LogP contribution < -0.4 is 9.47 Å². The SMILES string of the molecule is CCC(=COc1ccc(C)cc1)C(=Nc1ccccc1)Oc1cccc(C)c1. The summed E-state index contributed by atoms with van der Waals surface area (Å²) in [6.45, 7) is 6.15. The number of benzene rings is 3. The monoisotopic (exact) mass is 371 g/mol. The lowest BCUT2D eigenvalue weighted by Crippen LogP contribution is -2.12. The van der Waals surface area contributed by atoms with Gasteiger partial charge in [-0.05, 0) is 62.2 Å². The molecule has 142 valence electrons. The van der Waals surface area contributed by atoms with Gasteiger partial charge in [0.1, 0.15) is 11.5 Å². The number of hydrogen-bond acceptors (Lipinski definition) is 3. The Morgan fingerprint density at radius 3 is 2.25 bits per heavy atom. The van der Waals surface area contributed by atoms with Crippen LogP contribution in [-0.4, -0.2) is 5.90 Å². The van der Waals surface area contributed by atoms with E-state index in [-0.39, 0.29) is 0 Å². The molecule has 3 aromatic carbocycles. The molecule has 0 saturated heterocycles. The molecule has 0 aliphatic rings. The standard InChI is InChI=1S/C25H25NO2/c1-4-21(18-27-23-15-13-19(2)14-16-23)25(26-22-10-6-5-7-11-22)28-24-12-8-9-20(3)17-24/h5-18H,4H2,1-3H3. The van der Waals surface area contributed by atoms with Gasteiger partial charge >= 0.3 is 0 Å². The molecular weight excluding hydrogens is 346 g/mol. The third-order valence-electron chi connectivity index (χ3n) is 4.20. The molecule has 0 aromatic heterocycles. The van der Waals surface area contributed by atoms with Gasteiger partial charge in [-0.3, -0.25) is 0 Å². The van der Waals surface area contributed by atoms with E-state index < -0.39 is 0 Å². The first-order valence-electron chi connectivity index (χ1n) is 9.45. The molecule has 0 saturated carbocycles. The van der Waals surface area contributed by atoms with Gasteiger partial charge < -0.3 is 9.47 Å². The van der Waals surface area contributed by atoms with Crippen molar-refractivity contribution < 1.29 is 9.47 Å². The summed E-state index contributed by atoms with van der Waals surface area (Å²) in [7, 11) is 0. The van der Waals surface area contributed by atoms with Crippen molar-refractivity contribution >= 4 is 11.6 Å². The second kappa shape index (κ2) is 9.56. The smallest absolute Gasteiger partial charge is 0.226 e. The molecule has 28 heavy (non-hydrogen) atoms. The maximum Gasteiger partial charge on any atom is 0.226 e. The minimum atomic E-state index is 0.534. The van der Waals surface area contributed by atoms with Gasteiger partial charge in [-0.1, -0.05) is 55.0 Å². The second-order valence-electron chi connectivity index (χ2n) is 6.60. The third-order valence-corrected chi connectivity index (χ3v) is 4.20. The molecular formula is C25H25NO2. The summed E-state index contributed by atoms with van der Waals surface area (Å²) in [5, 5.41) is 0. The topological polar surface area (TPSA) is 30.8 Å². The molecule has 0 fully saturated rings. The molecule has 0 spiro atoms. The molecule has 0 aliphatic heterocycles. The highest BCUT2D eigenvalue weighted by Crippen LogP contribution is 2.20. The van der Waals surface area contributed by atoms with Crippen LogP contribution in [0, 0.1) is 13.8 Å². The first-order chi connectivity index (χ1) is 13.6. The number of nitrogens with zero attached hydrogens (tertiary/aromatic N) is 1. The van der Waals surface area contributed by atoms with Gasteiger partial charge in [0, 0.05) is 5.57 Å². The van der Waals surface area contributed by atoms with E-state index in [1.165, 1.54) is 5.56 Å². The maximum absolute atomic E-state index is 6.16. The zero-order valence-corrected chi connectivity index (χ0v) is 16.6. The first-order valence-corrected chi connectivity index (χ1v) is 9.45. The molecule has 3 nitrogen and oxygen atoms in total. The van der Waals surface area contributed by atoms with Crippen molar-refractivity contribution in [3.8, 4) is 11.5 Å². The van der Waals surface area contributed by atoms with Gasteiger partial charge in [0.05, 0.1) is 11.9 Å². The van der Waals surface area contributed by atoms with E-state index in [9.17, 15) is 0 Å². The molecule has 0 amide bonds. The molecule has 0 bridgehead atoms. The largest absolute Gasteiger partial charge is 0.465 e. The van der Waals surface area contributed by atoms with Crippen molar-refractivity contribution in [1.29, 1.82) is 0 Å². The summed E-state index contributed by atoms with van der Waals surface area (Å²) in [5.74, 6) is 2.07. The quantitative estimate of drug-likeness (QED) is 0.271. The van der Waals surface area contributed by atoms with E-state index in [1.807, 2.05) is 85.8 Å². The fraction of sp³-hybridized carbons (Fsp3) is 0.160. The molecule has 0 aliphatic carbocycles. The van der Waals surface area contributed by atoms with Crippen molar-refractivity contribution in [3.05, 3.63) is 102 Å². The van der Waals surface area contributed by atoms with Crippen molar-refractivity contribution in [2.75, 3.05) is 0 Å². The summed E-state index contributed by atoms with van der Waals surface area (Å²) in [5.41, 5.74) is 4.04. The number of para-hydroxylation sites is 1. The second-order valence-corrected chi connectivity index (χ2v) is 6.60. The lowest BCUT2D eigenvalue weighted by molar-refractivity contribution is 0.471. The summed E-state index contributed by atoms with van der Waals surface area (Å²) < 4.78 is 12.0. The highest BCUT2D eigenvalue weighted by molar-refractivity contribution is 5.96. The summed E-state index contributed by atoms with van der Waals surface area (Å²) in [6, 6.07) is 25.7. The number of hydrogen-bond donors (Lipinski definition) is 0. The normalized spacial score (nSPS) is 12.0. The van der Waals surface area contributed by atoms with Crippen LogP contribution in [0.1, 0.15) is 24.5 Å². The Bertz CT molecular complexity index is 957. The molecule has 3 aromatic rings. The minimum Gasteiger partial charge on any atom is -0.465 e. The van der Waals surface area contributed by atoms with Crippen LogP contribution in [0.5, 0.6) is 11.5 Å². The Hall–Kier alpha value is -3.33. The van der Waals surface area contributed by atoms with E-state index in [0.717, 1.165) is 34.7 Å². The van der Waals surface area contributed by atoms with Gasteiger partial charge in [0.2, 0.25) is 5.90 Å². The molecule has 0 atom stereocenters. The lowest BCUT2D eigenvalue weighted by atomic mass is 10.2. The minimum absolute atomic E-state index is 0.534. The van der Waals surface area contributed by atoms with E-state index in [1.54, 1.807) is 6.26 Å². The lowest BCUT2D eigenvalue weighted by Gasteiger charge is -2.12. The van der Waals surface area contributed by atoms with Crippen molar-refractivity contribution in [2.45, 2.75) is 27.2 Å². The van der Waals surface area contributed by atoms with Crippen molar-refractivity contribution in [2.24, 2.45) is 4.99 Å². The van der Waals surface area contributed by atoms with Gasteiger partial charge in [-0.25, -0.2) is 4.99 Å². The fourth-order valence-corrected chi connectivity index (χ4v) is 2.61. The average molecular weight is 371 g/mol. The van der Waals surface area contributed by atoms with Crippen LogP contribution in [0.15, 0.2) is 95.7 Å². The fourth-order valence-electron chi connectivity index (χ4n) is 2.61. The van der Waals surface area contributed by atoms with Gasteiger partial charge in [0.25, 0.3) is 0 Å². The summed E-state index contributed by atoms with van der Waals surface area (Å²) >= 11 is 0. The molecule has 3 heteroatoms. The van der Waals surface area contributed by atoms with Gasteiger partial charge in [-0.2, -0.15) is 0 Å². The summed E-state index contributed by atoms with van der Waals surface area (Å²) in [6.07, 6.45) is 2.45. The summed E-state index contributed by atoms with van der Waals surface area (Å²) in [4.78, 5) is 4.73. The van der Waals surface area contributed by atoms with Crippen molar-refractivity contribution in [1.82, 2.24) is 0 Å². The van der Waals surface area contributed by atoms with Crippen LogP contribution in [0.4, 0.5) is 5.69 Å². The van der Waals surface area contributed by atoms with Crippen LogP contribution in [0.25, 0.3) is 0 Å². The highest BCUT2D eigenvalue weighted by atomic mass is 16.5. The number of ether oxygens (including phenoxy) is 2. The molecule has 0 unspecified atom stereocenters. The van der Waals surface area contributed by atoms with E-state index in [0.29, 0.717) is 5.90 Å². The van der Waals surface area contributed by atoms with Gasteiger partial charge in [0.15, 0.2) is 0 Å². The predicted octanol–water partition coefficient (Wildman–Crippen LogP) is 6.79. The molecule has 0 heterocycles. The van der Waals surface area contributed by atoms with Crippen molar-refractivity contribution in [3.63, 3.8) is 0 Å². The number of aliphatic imine (C=N–C) groups is 1. The maximum atomic E-state index is 6.16. The average Bonchev–Trinajstić information content (AvgIpc) is 2.70. The third kappa shape index (κ3) is 5.58. The Kier molecular flexibility index (Phi) is 6.64. The number of rotatable bonds is 6. The van der Waals surface area contributed by atoms with Crippen LogP contribution in [0.2, 0.25) is 0 Å². The van der Waals surface area contributed by atoms with E-state index >= 15 is 0 Å². The Balaban J connectivity index is 1.92. The highest BCUT2D eigenvalue weighted by Gasteiger charge is 2.11. The van der Waals surface area contributed by atoms with Crippen LogP contribution in [-0.2, 0) is 0 Å². The van der Waals surface area contributed by atoms with Crippen LogP contribution >= 0.6 is 0 Å². The zero-order valence-electron chi connectivity index (χ0n) is 16.6.